The van der Waals surface area contributed by atoms with Crippen molar-refractivity contribution in [2.45, 2.75) is 0 Å². The average Bonchev–Trinajstić information content (AvgIpc) is 3.56. The minimum absolute atomic E-state index is 0.872. The number of para-hydroxylation sites is 1. The lowest BCUT2D eigenvalue weighted by Gasteiger charge is -2.11. The Balaban J connectivity index is 0.915. The standard InChI is InChI=1S/C46H28N2O/c1-3-10-39-36(7-1)37-8-2-4-11-40(37)46-45(39)47-28-42(48-46)34-23-21-32(22-24-34)30-15-13-29(14-16-30)31-17-19-33(20-18-31)35-25-26-44-41(27-35)38-9-5-6-12-43(38)49-44/h1-28H. The van der Waals surface area contributed by atoms with Gasteiger partial charge in [-0.25, -0.2) is 4.98 Å². The predicted octanol–water partition coefficient (Wildman–Crippen LogP) is 12.5. The van der Waals surface area contributed by atoms with Crippen molar-refractivity contribution in [3.05, 3.63) is 170 Å². The van der Waals surface area contributed by atoms with Crippen molar-refractivity contribution in [2.75, 3.05) is 0 Å². The summed E-state index contributed by atoms with van der Waals surface area (Å²) >= 11 is 0. The Morgan fingerprint density at radius 2 is 0.755 bits per heavy atom. The summed E-state index contributed by atoms with van der Waals surface area (Å²) in [7, 11) is 0. The van der Waals surface area contributed by atoms with Gasteiger partial charge in [0.15, 0.2) is 0 Å². The van der Waals surface area contributed by atoms with E-state index in [1.807, 2.05) is 18.3 Å². The zero-order chi connectivity index (χ0) is 32.3. The van der Waals surface area contributed by atoms with Gasteiger partial charge in [0.2, 0.25) is 0 Å². The maximum absolute atomic E-state index is 6.02. The van der Waals surface area contributed by atoms with E-state index in [2.05, 4.69) is 152 Å². The topological polar surface area (TPSA) is 38.9 Å². The Morgan fingerprint density at radius 1 is 0.327 bits per heavy atom. The molecule has 0 aliphatic carbocycles. The first-order valence-electron chi connectivity index (χ1n) is 16.6. The molecule has 3 heteroatoms. The van der Waals surface area contributed by atoms with Crippen molar-refractivity contribution in [3.8, 4) is 44.6 Å². The van der Waals surface area contributed by atoms with Crippen LogP contribution in [0.1, 0.15) is 0 Å². The van der Waals surface area contributed by atoms with E-state index in [0.29, 0.717) is 0 Å². The molecule has 228 valence electrons. The van der Waals surface area contributed by atoms with Crippen molar-refractivity contribution >= 4 is 54.5 Å². The molecule has 10 aromatic rings. The first kappa shape index (κ1) is 27.5. The molecule has 0 amide bonds. The number of nitrogens with zero attached hydrogens (tertiary/aromatic N) is 2. The van der Waals surface area contributed by atoms with Crippen molar-refractivity contribution in [1.82, 2.24) is 9.97 Å². The molecule has 0 aliphatic heterocycles. The van der Waals surface area contributed by atoms with Crippen LogP contribution in [-0.2, 0) is 0 Å². The number of aromatic nitrogens is 2. The molecule has 3 nitrogen and oxygen atoms in total. The number of hydrogen-bond acceptors (Lipinski definition) is 3. The Hall–Kier alpha value is -6.58. The Morgan fingerprint density at radius 3 is 1.35 bits per heavy atom. The Kier molecular flexibility index (Phi) is 6.18. The molecule has 0 bridgehead atoms. The van der Waals surface area contributed by atoms with Crippen LogP contribution in [0.25, 0.3) is 99.2 Å². The summed E-state index contributed by atoms with van der Waals surface area (Å²) in [6.07, 6.45) is 1.90. The average molecular weight is 625 g/mol. The minimum Gasteiger partial charge on any atom is -0.456 e. The molecular weight excluding hydrogens is 597 g/mol. The quantitative estimate of drug-likeness (QED) is 0.183. The van der Waals surface area contributed by atoms with E-state index in [4.69, 9.17) is 14.4 Å². The van der Waals surface area contributed by atoms with Crippen LogP contribution in [0.3, 0.4) is 0 Å². The van der Waals surface area contributed by atoms with Crippen LogP contribution >= 0.6 is 0 Å². The van der Waals surface area contributed by atoms with Gasteiger partial charge < -0.3 is 4.42 Å². The molecule has 10 rings (SSSR count). The highest BCUT2D eigenvalue weighted by molar-refractivity contribution is 6.23. The summed E-state index contributed by atoms with van der Waals surface area (Å²) in [5.74, 6) is 0. The number of hydrogen-bond donors (Lipinski definition) is 0. The van der Waals surface area contributed by atoms with Gasteiger partial charge in [0.05, 0.1) is 22.9 Å². The van der Waals surface area contributed by atoms with E-state index in [1.165, 1.54) is 38.6 Å². The lowest BCUT2D eigenvalue weighted by molar-refractivity contribution is 0.669. The number of fused-ring (bicyclic) bond motifs is 9. The van der Waals surface area contributed by atoms with E-state index in [-0.39, 0.29) is 0 Å². The van der Waals surface area contributed by atoms with Gasteiger partial charge in [-0.05, 0) is 62.4 Å². The second-order valence-electron chi connectivity index (χ2n) is 12.6. The molecule has 0 spiro atoms. The molecule has 0 N–H and O–H groups in total. The molecule has 0 fully saturated rings. The van der Waals surface area contributed by atoms with Crippen molar-refractivity contribution in [1.29, 1.82) is 0 Å². The molecule has 2 aromatic heterocycles. The monoisotopic (exact) mass is 624 g/mol. The highest BCUT2D eigenvalue weighted by Gasteiger charge is 2.13. The van der Waals surface area contributed by atoms with Crippen molar-refractivity contribution in [3.63, 3.8) is 0 Å². The Bertz CT molecular complexity index is 2810. The molecule has 0 aliphatic rings. The van der Waals surface area contributed by atoms with Crippen LogP contribution in [0.5, 0.6) is 0 Å². The number of rotatable bonds is 4. The van der Waals surface area contributed by atoms with Crippen LogP contribution in [0.2, 0.25) is 0 Å². The summed E-state index contributed by atoms with van der Waals surface area (Å²) in [6, 6.07) is 57.8. The lowest BCUT2D eigenvalue weighted by atomic mass is 9.97. The number of benzene rings is 8. The van der Waals surface area contributed by atoms with Crippen molar-refractivity contribution in [2.24, 2.45) is 0 Å². The van der Waals surface area contributed by atoms with Gasteiger partial charge in [-0.1, -0.05) is 146 Å². The summed E-state index contributed by atoms with van der Waals surface area (Å²) in [5.41, 5.74) is 12.7. The molecule has 49 heavy (non-hydrogen) atoms. The van der Waals surface area contributed by atoms with E-state index >= 15 is 0 Å². The first-order valence-corrected chi connectivity index (χ1v) is 16.6. The van der Waals surface area contributed by atoms with Crippen LogP contribution in [0.15, 0.2) is 174 Å². The van der Waals surface area contributed by atoms with Gasteiger partial charge in [-0.3, -0.25) is 4.98 Å². The zero-order valence-corrected chi connectivity index (χ0v) is 26.5. The molecule has 0 saturated carbocycles. The van der Waals surface area contributed by atoms with Crippen LogP contribution in [0.4, 0.5) is 0 Å². The fourth-order valence-corrected chi connectivity index (χ4v) is 7.21. The van der Waals surface area contributed by atoms with Gasteiger partial charge in [-0.15, -0.1) is 0 Å². The summed E-state index contributed by atoms with van der Waals surface area (Å²) < 4.78 is 6.02. The Labute approximate surface area is 282 Å². The van der Waals surface area contributed by atoms with E-state index in [0.717, 1.165) is 60.6 Å². The van der Waals surface area contributed by atoms with Gasteiger partial charge >= 0.3 is 0 Å². The highest BCUT2D eigenvalue weighted by Crippen LogP contribution is 2.36. The third kappa shape index (κ3) is 4.59. The largest absolute Gasteiger partial charge is 0.456 e. The van der Waals surface area contributed by atoms with Crippen molar-refractivity contribution < 1.29 is 4.42 Å². The maximum atomic E-state index is 6.02. The fourth-order valence-electron chi connectivity index (χ4n) is 7.21. The molecule has 0 saturated heterocycles. The molecule has 0 atom stereocenters. The van der Waals surface area contributed by atoms with Crippen LogP contribution in [-0.4, -0.2) is 9.97 Å². The van der Waals surface area contributed by atoms with Crippen LogP contribution in [0, 0.1) is 0 Å². The second-order valence-corrected chi connectivity index (χ2v) is 12.6. The summed E-state index contributed by atoms with van der Waals surface area (Å²) in [6.45, 7) is 0. The third-order valence-electron chi connectivity index (χ3n) is 9.75. The van der Waals surface area contributed by atoms with Gasteiger partial charge in [-0.2, -0.15) is 0 Å². The predicted molar refractivity (Wildman–Crippen MR) is 204 cm³/mol. The van der Waals surface area contributed by atoms with Gasteiger partial charge in [0, 0.05) is 27.1 Å². The molecule has 0 radical (unpaired) electrons. The molecule has 8 aromatic carbocycles. The van der Waals surface area contributed by atoms with E-state index < -0.39 is 0 Å². The second kappa shape index (κ2) is 11.0. The lowest BCUT2D eigenvalue weighted by Crippen LogP contribution is -1.92. The SMILES string of the molecule is c1ccc2c(c1)oc1ccc(-c3ccc(-c4ccc(-c5ccc(-c6cnc7c8ccccc8c8ccccc8c7n6)cc5)cc4)cc3)cc12. The summed E-state index contributed by atoms with van der Waals surface area (Å²) in [5, 5.41) is 6.96. The summed E-state index contributed by atoms with van der Waals surface area (Å²) in [4.78, 5) is 10.1. The fraction of sp³-hybridized carbons (Fsp3) is 0. The zero-order valence-electron chi connectivity index (χ0n) is 26.5. The molecular formula is C46H28N2O. The van der Waals surface area contributed by atoms with Crippen LogP contribution < -0.4 is 0 Å². The first-order chi connectivity index (χ1) is 24.3. The third-order valence-corrected chi connectivity index (χ3v) is 9.75. The number of furan rings is 1. The smallest absolute Gasteiger partial charge is 0.135 e. The van der Waals surface area contributed by atoms with Gasteiger partial charge in [0.1, 0.15) is 11.2 Å². The normalized spacial score (nSPS) is 11.7. The maximum Gasteiger partial charge on any atom is 0.135 e. The van der Waals surface area contributed by atoms with E-state index in [9.17, 15) is 0 Å². The van der Waals surface area contributed by atoms with Gasteiger partial charge in [0.25, 0.3) is 0 Å². The minimum atomic E-state index is 0.872. The molecule has 0 unspecified atom stereocenters. The molecule has 2 heterocycles. The highest BCUT2D eigenvalue weighted by atomic mass is 16.3. The van der Waals surface area contributed by atoms with E-state index in [1.54, 1.807) is 0 Å².